The van der Waals surface area contributed by atoms with Crippen LogP contribution in [-0.2, 0) is 4.79 Å². The highest BCUT2D eigenvalue weighted by Crippen LogP contribution is 2.13. The Kier molecular flexibility index (Phi) is 5.95. The van der Waals surface area contributed by atoms with Crippen molar-refractivity contribution < 1.29 is 4.79 Å². The summed E-state index contributed by atoms with van der Waals surface area (Å²) in [4.78, 5) is 14.2. The van der Waals surface area contributed by atoms with Gasteiger partial charge in [0.05, 0.1) is 6.54 Å². The average molecular weight is 293 g/mol. The SMILES string of the molecule is CC(C)C(C)NC(=O)CN(C)c1ccc(C(N)=S)cc1. The maximum atomic E-state index is 11.9. The van der Waals surface area contributed by atoms with Crippen LogP contribution in [0.2, 0.25) is 0 Å². The minimum absolute atomic E-state index is 0.0205. The topological polar surface area (TPSA) is 58.4 Å². The summed E-state index contributed by atoms with van der Waals surface area (Å²) in [6.45, 7) is 6.51. The van der Waals surface area contributed by atoms with E-state index in [1.807, 2.05) is 43.1 Å². The van der Waals surface area contributed by atoms with Gasteiger partial charge in [-0.15, -0.1) is 0 Å². The van der Waals surface area contributed by atoms with Crippen LogP contribution in [0.25, 0.3) is 0 Å². The molecule has 0 saturated heterocycles. The van der Waals surface area contributed by atoms with Crippen molar-refractivity contribution in [2.75, 3.05) is 18.5 Å². The molecule has 5 heteroatoms. The van der Waals surface area contributed by atoms with E-state index in [-0.39, 0.29) is 11.9 Å². The molecule has 1 unspecified atom stereocenters. The fourth-order valence-corrected chi connectivity index (χ4v) is 1.79. The third-order valence-electron chi connectivity index (χ3n) is 3.36. The zero-order chi connectivity index (χ0) is 15.3. The number of anilines is 1. The smallest absolute Gasteiger partial charge is 0.239 e. The zero-order valence-electron chi connectivity index (χ0n) is 12.5. The molecule has 3 N–H and O–H groups in total. The number of hydrogen-bond donors (Lipinski definition) is 2. The molecular weight excluding hydrogens is 270 g/mol. The maximum absolute atomic E-state index is 11.9. The molecule has 0 bridgehead atoms. The van der Waals surface area contributed by atoms with Crippen molar-refractivity contribution in [1.82, 2.24) is 5.32 Å². The van der Waals surface area contributed by atoms with Gasteiger partial charge in [-0.25, -0.2) is 0 Å². The lowest BCUT2D eigenvalue weighted by Crippen LogP contribution is -2.41. The van der Waals surface area contributed by atoms with Crippen LogP contribution < -0.4 is 16.0 Å². The summed E-state index contributed by atoms with van der Waals surface area (Å²) in [5, 5.41) is 2.99. The Morgan fingerprint density at radius 2 is 1.85 bits per heavy atom. The van der Waals surface area contributed by atoms with Crippen molar-refractivity contribution in [3.8, 4) is 0 Å². The predicted molar refractivity (Wildman–Crippen MR) is 88.0 cm³/mol. The van der Waals surface area contributed by atoms with Crippen LogP contribution in [0.15, 0.2) is 24.3 Å². The molecule has 1 aromatic rings. The Hall–Kier alpha value is -1.62. The highest BCUT2D eigenvalue weighted by molar-refractivity contribution is 7.80. The monoisotopic (exact) mass is 293 g/mol. The van der Waals surface area contributed by atoms with Crippen molar-refractivity contribution in [1.29, 1.82) is 0 Å². The average Bonchev–Trinajstić information content (AvgIpc) is 2.38. The molecule has 1 rings (SSSR count). The molecule has 0 heterocycles. The van der Waals surface area contributed by atoms with E-state index in [0.717, 1.165) is 11.3 Å². The number of likely N-dealkylation sites (N-methyl/N-ethyl adjacent to an activating group) is 1. The zero-order valence-corrected chi connectivity index (χ0v) is 13.3. The summed E-state index contributed by atoms with van der Waals surface area (Å²) in [6, 6.07) is 7.72. The summed E-state index contributed by atoms with van der Waals surface area (Å²) in [5.74, 6) is 0.446. The molecule has 0 aliphatic heterocycles. The van der Waals surface area contributed by atoms with Crippen LogP contribution in [0.5, 0.6) is 0 Å². The van der Waals surface area contributed by atoms with Gasteiger partial charge in [-0.05, 0) is 37.1 Å². The van der Waals surface area contributed by atoms with E-state index in [1.165, 1.54) is 0 Å². The summed E-state index contributed by atoms with van der Waals surface area (Å²) < 4.78 is 0. The van der Waals surface area contributed by atoms with E-state index in [2.05, 4.69) is 19.2 Å². The van der Waals surface area contributed by atoms with Gasteiger partial charge in [0.1, 0.15) is 4.99 Å². The number of rotatable bonds is 6. The fraction of sp³-hybridized carbons (Fsp3) is 0.467. The largest absolute Gasteiger partial charge is 0.389 e. The van der Waals surface area contributed by atoms with E-state index in [1.54, 1.807) is 0 Å². The fourth-order valence-electron chi connectivity index (χ4n) is 1.65. The first-order valence-corrected chi connectivity index (χ1v) is 7.12. The van der Waals surface area contributed by atoms with Gasteiger partial charge in [0.15, 0.2) is 0 Å². The van der Waals surface area contributed by atoms with Crippen molar-refractivity contribution in [3.63, 3.8) is 0 Å². The van der Waals surface area contributed by atoms with Crippen LogP contribution in [-0.4, -0.2) is 30.5 Å². The number of nitrogens with one attached hydrogen (secondary N) is 1. The molecule has 110 valence electrons. The molecule has 1 atom stereocenters. The minimum atomic E-state index is 0.0205. The third kappa shape index (κ3) is 4.81. The first kappa shape index (κ1) is 16.4. The summed E-state index contributed by atoms with van der Waals surface area (Å²) in [5.41, 5.74) is 7.34. The second kappa shape index (κ2) is 7.24. The molecule has 1 aromatic carbocycles. The number of benzene rings is 1. The Labute approximate surface area is 126 Å². The number of nitrogens with zero attached hydrogens (tertiary/aromatic N) is 1. The van der Waals surface area contributed by atoms with Crippen molar-refractivity contribution >= 4 is 28.8 Å². The van der Waals surface area contributed by atoms with Gasteiger partial charge in [-0.3, -0.25) is 4.79 Å². The first-order chi connectivity index (χ1) is 9.31. The van der Waals surface area contributed by atoms with E-state index in [9.17, 15) is 4.79 Å². The molecule has 0 aliphatic carbocycles. The summed E-state index contributed by atoms with van der Waals surface area (Å²) >= 11 is 4.91. The van der Waals surface area contributed by atoms with Crippen LogP contribution >= 0.6 is 12.2 Å². The Morgan fingerprint density at radius 1 is 1.30 bits per heavy atom. The molecule has 0 fully saturated rings. The number of thiocarbonyl (C=S) groups is 1. The Balaban J connectivity index is 2.60. The van der Waals surface area contributed by atoms with Crippen LogP contribution in [0, 0.1) is 5.92 Å². The third-order valence-corrected chi connectivity index (χ3v) is 3.60. The van der Waals surface area contributed by atoms with Crippen molar-refractivity contribution in [2.45, 2.75) is 26.8 Å². The molecule has 20 heavy (non-hydrogen) atoms. The second-order valence-electron chi connectivity index (χ2n) is 5.37. The van der Waals surface area contributed by atoms with Gasteiger partial charge in [0, 0.05) is 24.3 Å². The van der Waals surface area contributed by atoms with Crippen LogP contribution in [0.1, 0.15) is 26.3 Å². The normalized spacial score (nSPS) is 12.1. The molecule has 4 nitrogen and oxygen atoms in total. The quantitative estimate of drug-likeness (QED) is 0.787. The van der Waals surface area contributed by atoms with E-state index >= 15 is 0 Å². The molecule has 0 aromatic heterocycles. The lowest BCUT2D eigenvalue weighted by molar-refractivity contribution is -0.120. The Bertz CT molecular complexity index is 471. The molecule has 1 amide bonds. The molecule has 0 saturated carbocycles. The van der Waals surface area contributed by atoms with Crippen molar-refractivity contribution in [3.05, 3.63) is 29.8 Å². The first-order valence-electron chi connectivity index (χ1n) is 6.71. The van der Waals surface area contributed by atoms with Gasteiger partial charge in [-0.1, -0.05) is 26.1 Å². The van der Waals surface area contributed by atoms with Gasteiger partial charge in [0.2, 0.25) is 5.91 Å². The van der Waals surface area contributed by atoms with E-state index < -0.39 is 0 Å². The summed E-state index contributed by atoms with van der Waals surface area (Å²) in [6.07, 6.45) is 0. The Morgan fingerprint density at radius 3 is 2.30 bits per heavy atom. The number of carbonyl (C=O) groups excluding carboxylic acids is 1. The number of nitrogens with two attached hydrogens (primary N) is 1. The minimum Gasteiger partial charge on any atom is -0.389 e. The molecule has 0 aliphatic rings. The highest BCUT2D eigenvalue weighted by Gasteiger charge is 2.12. The number of amides is 1. The van der Waals surface area contributed by atoms with Crippen molar-refractivity contribution in [2.24, 2.45) is 11.7 Å². The summed E-state index contributed by atoms with van der Waals surface area (Å²) in [7, 11) is 1.88. The lowest BCUT2D eigenvalue weighted by atomic mass is 10.1. The molecule has 0 radical (unpaired) electrons. The molecular formula is C15H23N3OS. The highest BCUT2D eigenvalue weighted by atomic mass is 32.1. The van der Waals surface area contributed by atoms with Crippen LogP contribution in [0.4, 0.5) is 5.69 Å². The maximum Gasteiger partial charge on any atom is 0.239 e. The molecule has 0 spiro atoms. The lowest BCUT2D eigenvalue weighted by Gasteiger charge is -2.22. The second-order valence-corrected chi connectivity index (χ2v) is 5.81. The predicted octanol–water partition coefficient (Wildman–Crippen LogP) is 1.92. The van der Waals surface area contributed by atoms with Gasteiger partial charge >= 0.3 is 0 Å². The van der Waals surface area contributed by atoms with Crippen LogP contribution in [0.3, 0.4) is 0 Å². The van der Waals surface area contributed by atoms with Gasteiger partial charge < -0.3 is 16.0 Å². The van der Waals surface area contributed by atoms with E-state index in [4.69, 9.17) is 18.0 Å². The number of hydrogen-bond acceptors (Lipinski definition) is 3. The van der Waals surface area contributed by atoms with E-state index in [0.29, 0.717) is 17.5 Å². The standard InChI is InChI=1S/C15H23N3OS/c1-10(2)11(3)17-14(19)9-18(4)13-7-5-12(6-8-13)15(16)20/h5-8,10-11H,9H2,1-4H3,(H2,16,20)(H,17,19). The van der Waals surface area contributed by atoms with Gasteiger partial charge in [-0.2, -0.15) is 0 Å². The van der Waals surface area contributed by atoms with Gasteiger partial charge in [0.25, 0.3) is 0 Å². The number of carbonyl (C=O) groups is 1.